The van der Waals surface area contributed by atoms with Crippen molar-refractivity contribution in [3.63, 3.8) is 0 Å². The quantitative estimate of drug-likeness (QED) is 0.824. The molecular weight excluding hydrogens is 222 g/mol. The van der Waals surface area contributed by atoms with Crippen LogP contribution < -0.4 is 5.32 Å². The molecule has 0 aromatic rings. The van der Waals surface area contributed by atoms with Crippen molar-refractivity contribution in [1.82, 2.24) is 15.1 Å². The minimum atomic E-state index is 0.719. The second kappa shape index (κ2) is 6.88. The number of hydrogen-bond donors (Lipinski definition) is 1. The summed E-state index contributed by atoms with van der Waals surface area (Å²) in [7, 11) is 0. The van der Waals surface area contributed by atoms with Gasteiger partial charge in [0.15, 0.2) is 0 Å². The number of nitrogens with one attached hydrogen (secondary N) is 1. The highest BCUT2D eigenvalue weighted by atomic mass is 15.2. The van der Waals surface area contributed by atoms with E-state index in [0.717, 1.165) is 18.0 Å². The first kappa shape index (κ1) is 14.3. The van der Waals surface area contributed by atoms with E-state index in [1.54, 1.807) is 0 Å². The van der Waals surface area contributed by atoms with Gasteiger partial charge in [-0.1, -0.05) is 13.8 Å². The Morgan fingerprint density at radius 1 is 1.17 bits per heavy atom. The Bertz CT molecular complexity index is 236. The highest BCUT2D eigenvalue weighted by Gasteiger charge is 2.27. The van der Waals surface area contributed by atoms with Crippen LogP contribution in [0.15, 0.2) is 0 Å². The Hall–Kier alpha value is -0.120. The van der Waals surface area contributed by atoms with Crippen molar-refractivity contribution in [2.24, 2.45) is 5.92 Å². The van der Waals surface area contributed by atoms with Crippen LogP contribution in [0, 0.1) is 5.92 Å². The zero-order valence-electron chi connectivity index (χ0n) is 12.5. The summed E-state index contributed by atoms with van der Waals surface area (Å²) in [5.74, 6) is 0.936. The monoisotopic (exact) mass is 253 g/mol. The van der Waals surface area contributed by atoms with Crippen molar-refractivity contribution in [2.45, 2.75) is 52.1 Å². The molecule has 0 bridgehead atoms. The molecule has 0 amide bonds. The molecule has 0 aliphatic carbocycles. The third kappa shape index (κ3) is 3.69. The van der Waals surface area contributed by atoms with E-state index in [4.69, 9.17) is 0 Å². The molecule has 2 heterocycles. The molecule has 1 N–H and O–H groups in total. The van der Waals surface area contributed by atoms with Crippen molar-refractivity contribution in [3.8, 4) is 0 Å². The smallest absolute Gasteiger partial charge is 0.0193 e. The van der Waals surface area contributed by atoms with Gasteiger partial charge in [0, 0.05) is 31.7 Å². The van der Waals surface area contributed by atoms with Crippen molar-refractivity contribution in [3.05, 3.63) is 0 Å². The molecule has 0 aromatic heterocycles. The van der Waals surface area contributed by atoms with E-state index < -0.39 is 0 Å². The lowest BCUT2D eigenvalue weighted by atomic mass is 9.94. The van der Waals surface area contributed by atoms with Gasteiger partial charge >= 0.3 is 0 Å². The van der Waals surface area contributed by atoms with Crippen LogP contribution in [0.2, 0.25) is 0 Å². The third-order valence-electron chi connectivity index (χ3n) is 4.92. The maximum Gasteiger partial charge on any atom is 0.0193 e. The fourth-order valence-electron chi connectivity index (χ4n) is 3.34. The lowest BCUT2D eigenvalue weighted by molar-refractivity contribution is 0.0917. The van der Waals surface area contributed by atoms with E-state index in [1.165, 1.54) is 58.5 Å². The fraction of sp³-hybridized carbons (Fsp3) is 1.00. The molecule has 18 heavy (non-hydrogen) atoms. The van der Waals surface area contributed by atoms with Crippen molar-refractivity contribution >= 4 is 0 Å². The number of piperidine rings is 1. The molecule has 0 saturated carbocycles. The van der Waals surface area contributed by atoms with Gasteiger partial charge in [-0.3, -0.25) is 4.90 Å². The van der Waals surface area contributed by atoms with Crippen molar-refractivity contribution in [1.29, 1.82) is 0 Å². The normalized spacial score (nSPS) is 32.8. The molecule has 2 unspecified atom stereocenters. The summed E-state index contributed by atoms with van der Waals surface area (Å²) in [6, 6.07) is 1.44. The molecule has 106 valence electrons. The van der Waals surface area contributed by atoms with E-state index >= 15 is 0 Å². The van der Waals surface area contributed by atoms with E-state index in [2.05, 4.69) is 35.9 Å². The molecule has 3 heteroatoms. The zero-order chi connectivity index (χ0) is 13.0. The Labute approximate surface area is 113 Å². The predicted molar refractivity (Wildman–Crippen MR) is 78.0 cm³/mol. The van der Waals surface area contributed by atoms with Crippen LogP contribution in [0.25, 0.3) is 0 Å². The van der Waals surface area contributed by atoms with Crippen LogP contribution in [0.5, 0.6) is 0 Å². The standard InChI is InChI=1S/C15H31N3/c1-4-15-12-18(13(3)10-16-15)11-14-6-8-17(5-2)9-7-14/h13-16H,4-12H2,1-3H3. The lowest BCUT2D eigenvalue weighted by Crippen LogP contribution is -2.56. The average molecular weight is 253 g/mol. The number of nitrogens with zero attached hydrogens (tertiary/aromatic N) is 2. The number of piperazine rings is 1. The van der Waals surface area contributed by atoms with Crippen molar-refractivity contribution in [2.75, 3.05) is 39.3 Å². The molecule has 0 aromatic carbocycles. The first-order chi connectivity index (χ1) is 8.72. The number of likely N-dealkylation sites (tertiary alicyclic amines) is 1. The minimum absolute atomic E-state index is 0.719. The SMILES string of the molecule is CCC1CN(CC2CCN(CC)CC2)C(C)CN1. The summed E-state index contributed by atoms with van der Waals surface area (Å²) in [5, 5.41) is 3.65. The summed E-state index contributed by atoms with van der Waals surface area (Å²) < 4.78 is 0. The largest absolute Gasteiger partial charge is 0.311 e. The topological polar surface area (TPSA) is 18.5 Å². The molecule has 0 radical (unpaired) electrons. The van der Waals surface area contributed by atoms with Crippen LogP contribution in [0.3, 0.4) is 0 Å². The Morgan fingerprint density at radius 2 is 1.89 bits per heavy atom. The zero-order valence-corrected chi connectivity index (χ0v) is 12.5. The van der Waals surface area contributed by atoms with Gasteiger partial charge in [-0.15, -0.1) is 0 Å². The highest BCUT2D eigenvalue weighted by molar-refractivity contribution is 4.85. The summed E-state index contributed by atoms with van der Waals surface area (Å²) in [6.07, 6.45) is 4.07. The van der Waals surface area contributed by atoms with Crippen LogP contribution in [-0.4, -0.2) is 61.2 Å². The van der Waals surface area contributed by atoms with Gasteiger partial charge in [-0.2, -0.15) is 0 Å². The molecule has 2 aliphatic heterocycles. The lowest BCUT2D eigenvalue weighted by Gasteiger charge is -2.42. The van der Waals surface area contributed by atoms with Crippen LogP contribution in [0.1, 0.15) is 40.0 Å². The molecular formula is C15H31N3. The first-order valence-electron chi connectivity index (χ1n) is 7.92. The van der Waals surface area contributed by atoms with E-state index in [-0.39, 0.29) is 0 Å². The summed E-state index contributed by atoms with van der Waals surface area (Å²) in [5.41, 5.74) is 0. The molecule has 2 rings (SSSR count). The molecule has 2 saturated heterocycles. The average Bonchev–Trinajstić information content (AvgIpc) is 2.42. The van der Waals surface area contributed by atoms with Crippen LogP contribution >= 0.6 is 0 Å². The van der Waals surface area contributed by atoms with Gasteiger partial charge in [-0.05, 0) is 51.7 Å². The number of hydrogen-bond acceptors (Lipinski definition) is 3. The van der Waals surface area contributed by atoms with Gasteiger partial charge in [0.25, 0.3) is 0 Å². The summed E-state index contributed by atoms with van der Waals surface area (Å²) >= 11 is 0. The maximum atomic E-state index is 3.65. The maximum absolute atomic E-state index is 3.65. The summed E-state index contributed by atoms with van der Waals surface area (Å²) in [4.78, 5) is 5.32. The Balaban J connectivity index is 1.77. The Morgan fingerprint density at radius 3 is 2.50 bits per heavy atom. The second-order valence-corrected chi connectivity index (χ2v) is 6.19. The second-order valence-electron chi connectivity index (χ2n) is 6.19. The van der Waals surface area contributed by atoms with E-state index in [1.807, 2.05) is 0 Å². The first-order valence-corrected chi connectivity index (χ1v) is 7.92. The molecule has 0 spiro atoms. The van der Waals surface area contributed by atoms with Gasteiger partial charge in [0.2, 0.25) is 0 Å². The molecule has 2 fully saturated rings. The van der Waals surface area contributed by atoms with Crippen LogP contribution in [-0.2, 0) is 0 Å². The fourth-order valence-corrected chi connectivity index (χ4v) is 3.34. The minimum Gasteiger partial charge on any atom is -0.311 e. The predicted octanol–water partition coefficient (Wildman–Crippen LogP) is 1.79. The van der Waals surface area contributed by atoms with Crippen LogP contribution in [0.4, 0.5) is 0 Å². The number of rotatable bonds is 4. The van der Waals surface area contributed by atoms with Gasteiger partial charge < -0.3 is 10.2 Å². The van der Waals surface area contributed by atoms with Gasteiger partial charge in [0.1, 0.15) is 0 Å². The molecule has 2 atom stereocenters. The van der Waals surface area contributed by atoms with E-state index in [0.29, 0.717) is 0 Å². The van der Waals surface area contributed by atoms with Gasteiger partial charge in [0.05, 0.1) is 0 Å². The molecule has 2 aliphatic rings. The third-order valence-corrected chi connectivity index (χ3v) is 4.92. The molecule has 3 nitrogen and oxygen atoms in total. The van der Waals surface area contributed by atoms with Gasteiger partial charge in [-0.25, -0.2) is 0 Å². The van der Waals surface area contributed by atoms with E-state index in [9.17, 15) is 0 Å². The highest BCUT2D eigenvalue weighted by Crippen LogP contribution is 2.20. The Kier molecular flexibility index (Phi) is 5.46. The van der Waals surface area contributed by atoms with Crippen molar-refractivity contribution < 1.29 is 0 Å². The summed E-state index contributed by atoms with van der Waals surface area (Å²) in [6.45, 7) is 14.6.